The van der Waals surface area contributed by atoms with Gasteiger partial charge in [-0.15, -0.1) is 0 Å². The van der Waals surface area contributed by atoms with E-state index in [0.717, 1.165) is 28.0 Å². The van der Waals surface area contributed by atoms with Crippen molar-refractivity contribution in [3.05, 3.63) is 65.8 Å². The molecule has 0 aliphatic carbocycles. The molecule has 5 rings (SSSR count). The van der Waals surface area contributed by atoms with Gasteiger partial charge in [0.15, 0.2) is 5.82 Å². The van der Waals surface area contributed by atoms with Crippen molar-refractivity contribution in [2.45, 2.75) is 25.7 Å². The van der Waals surface area contributed by atoms with E-state index < -0.39 is 5.41 Å². The number of hydrogen-bond acceptors (Lipinski definition) is 6. The Kier molecular flexibility index (Phi) is 5.87. The van der Waals surface area contributed by atoms with E-state index in [0.29, 0.717) is 31.0 Å². The molecular weight excluding hydrogens is 452 g/mol. The van der Waals surface area contributed by atoms with Crippen LogP contribution in [0.25, 0.3) is 16.6 Å². The molecule has 0 amide bonds. The number of carbonyl (C=O) groups excluding carboxylic acids is 1. The second kappa shape index (κ2) is 8.85. The molecule has 4 heterocycles. The molecule has 9 heteroatoms. The Morgan fingerprint density at radius 1 is 1.18 bits per heavy atom. The summed E-state index contributed by atoms with van der Waals surface area (Å²) in [7, 11) is 1.89. The number of Topliss-reactive ketones (excluding diaryl/α,β-unsaturated/α-hetero) is 1. The van der Waals surface area contributed by atoms with Gasteiger partial charge < -0.3 is 10.0 Å². The van der Waals surface area contributed by atoms with Gasteiger partial charge in [0, 0.05) is 61.7 Å². The van der Waals surface area contributed by atoms with E-state index in [4.69, 9.17) is 11.6 Å². The Bertz CT molecular complexity index is 1320. The van der Waals surface area contributed by atoms with E-state index >= 15 is 0 Å². The van der Waals surface area contributed by atoms with Crippen LogP contribution in [-0.4, -0.2) is 55.0 Å². The third-order valence-corrected chi connectivity index (χ3v) is 6.98. The number of nitrogens with zero attached hydrogens (tertiary/aromatic N) is 6. The maximum atomic E-state index is 13.3. The topological polar surface area (TPSA) is 88.5 Å². The number of ketones is 1. The fourth-order valence-electron chi connectivity index (χ4n) is 4.76. The van der Waals surface area contributed by atoms with Gasteiger partial charge in [-0.25, -0.2) is 9.50 Å². The standard InChI is InChI=1S/C25H27ClN6O2/c1-25(23(34)10-18(7-8-33)17-3-5-21(26)6-4-17)14-31(15-25)24-22-9-19(13-32(22)29-16-27-24)20-11-28-30(2)12-20/h3-6,9,11-13,16,18,33H,7-8,10,14-15H2,1-2H3/t18-/m1/s1. The van der Waals surface area contributed by atoms with Gasteiger partial charge in [-0.3, -0.25) is 9.48 Å². The zero-order valence-corrected chi connectivity index (χ0v) is 20.0. The van der Waals surface area contributed by atoms with Crippen molar-refractivity contribution in [1.29, 1.82) is 0 Å². The van der Waals surface area contributed by atoms with Crippen LogP contribution in [0, 0.1) is 5.41 Å². The number of fused-ring (bicyclic) bond motifs is 1. The largest absolute Gasteiger partial charge is 0.396 e. The van der Waals surface area contributed by atoms with Crippen molar-refractivity contribution >= 4 is 28.7 Å². The molecule has 176 valence electrons. The van der Waals surface area contributed by atoms with Gasteiger partial charge in [-0.1, -0.05) is 23.7 Å². The van der Waals surface area contributed by atoms with E-state index in [1.807, 2.05) is 61.3 Å². The Balaban J connectivity index is 1.32. The fraction of sp³-hybridized carbons (Fsp3) is 0.360. The second-order valence-corrected chi connectivity index (χ2v) is 9.79. The Labute approximate surface area is 202 Å². The van der Waals surface area contributed by atoms with Crippen molar-refractivity contribution in [3.63, 3.8) is 0 Å². The molecule has 1 atom stereocenters. The first-order chi connectivity index (χ1) is 16.4. The third kappa shape index (κ3) is 4.19. The van der Waals surface area contributed by atoms with Gasteiger partial charge in [0.2, 0.25) is 0 Å². The predicted octanol–water partition coefficient (Wildman–Crippen LogP) is 3.73. The van der Waals surface area contributed by atoms with Crippen LogP contribution in [0.3, 0.4) is 0 Å². The number of rotatable bonds is 8. The molecule has 0 bridgehead atoms. The van der Waals surface area contributed by atoms with Crippen molar-refractivity contribution in [1.82, 2.24) is 24.4 Å². The molecule has 0 unspecified atom stereocenters. The molecule has 34 heavy (non-hydrogen) atoms. The summed E-state index contributed by atoms with van der Waals surface area (Å²) < 4.78 is 3.59. The molecule has 1 saturated heterocycles. The fourth-order valence-corrected chi connectivity index (χ4v) is 4.88. The first-order valence-corrected chi connectivity index (χ1v) is 11.7. The van der Waals surface area contributed by atoms with Crippen LogP contribution in [0.4, 0.5) is 5.82 Å². The first kappa shape index (κ1) is 22.6. The maximum absolute atomic E-state index is 13.3. The summed E-state index contributed by atoms with van der Waals surface area (Å²) >= 11 is 6.02. The minimum atomic E-state index is -0.457. The van der Waals surface area contributed by atoms with Crippen molar-refractivity contribution < 1.29 is 9.90 Å². The summed E-state index contributed by atoms with van der Waals surface area (Å²) in [5, 5.41) is 18.8. The quantitative estimate of drug-likeness (QED) is 0.415. The molecule has 0 saturated carbocycles. The van der Waals surface area contributed by atoms with E-state index in [-0.39, 0.29) is 18.3 Å². The maximum Gasteiger partial charge on any atom is 0.156 e. The first-order valence-electron chi connectivity index (χ1n) is 11.3. The van der Waals surface area contributed by atoms with Gasteiger partial charge in [0.25, 0.3) is 0 Å². The highest BCUT2D eigenvalue weighted by Gasteiger charge is 2.46. The molecule has 3 aromatic heterocycles. The molecule has 0 spiro atoms. The summed E-state index contributed by atoms with van der Waals surface area (Å²) in [6.45, 7) is 3.24. The normalized spacial score (nSPS) is 15.9. The number of carbonyl (C=O) groups is 1. The lowest BCUT2D eigenvalue weighted by Gasteiger charge is -2.48. The van der Waals surface area contributed by atoms with E-state index in [1.165, 1.54) is 0 Å². The van der Waals surface area contributed by atoms with E-state index in [9.17, 15) is 9.90 Å². The number of halogens is 1. The van der Waals surface area contributed by atoms with Crippen LogP contribution in [-0.2, 0) is 11.8 Å². The molecule has 1 aromatic carbocycles. The molecule has 4 aromatic rings. The molecule has 1 aliphatic rings. The van der Waals surface area contributed by atoms with Crippen LogP contribution in [0.15, 0.2) is 55.2 Å². The minimum Gasteiger partial charge on any atom is -0.396 e. The Hall–Kier alpha value is -3.23. The van der Waals surface area contributed by atoms with Crippen LogP contribution >= 0.6 is 11.6 Å². The van der Waals surface area contributed by atoms with Crippen LogP contribution < -0.4 is 4.90 Å². The number of anilines is 1. The van der Waals surface area contributed by atoms with Crippen molar-refractivity contribution in [3.8, 4) is 11.1 Å². The minimum absolute atomic E-state index is 0.0286. The molecule has 0 radical (unpaired) electrons. The number of hydrogen-bond donors (Lipinski definition) is 1. The van der Waals surface area contributed by atoms with Gasteiger partial charge >= 0.3 is 0 Å². The molecule has 1 N–H and O–H groups in total. The average Bonchev–Trinajstić information content (AvgIpc) is 3.43. The van der Waals surface area contributed by atoms with Crippen LogP contribution in [0.2, 0.25) is 5.02 Å². The lowest BCUT2D eigenvalue weighted by Crippen LogP contribution is -2.59. The summed E-state index contributed by atoms with van der Waals surface area (Å²) in [5.74, 6) is 0.993. The lowest BCUT2D eigenvalue weighted by atomic mass is 9.74. The summed E-state index contributed by atoms with van der Waals surface area (Å²) in [4.78, 5) is 20.0. The van der Waals surface area contributed by atoms with Crippen molar-refractivity contribution in [2.75, 3.05) is 24.6 Å². The van der Waals surface area contributed by atoms with Crippen LogP contribution in [0.1, 0.15) is 31.2 Å². The van der Waals surface area contributed by atoms with Gasteiger partial charge in [-0.2, -0.15) is 10.2 Å². The number of aryl methyl sites for hydroxylation is 1. The number of benzene rings is 1. The van der Waals surface area contributed by atoms with Crippen LogP contribution in [0.5, 0.6) is 0 Å². The average molecular weight is 479 g/mol. The smallest absolute Gasteiger partial charge is 0.156 e. The highest BCUT2D eigenvalue weighted by atomic mass is 35.5. The molecule has 8 nitrogen and oxygen atoms in total. The summed E-state index contributed by atoms with van der Waals surface area (Å²) in [6.07, 6.45) is 8.23. The van der Waals surface area contributed by atoms with Gasteiger partial charge in [-0.05, 0) is 43.0 Å². The second-order valence-electron chi connectivity index (χ2n) is 9.35. The predicted molar refractivity (Wildman–Crippen MR) is 131 cm³/mol. The Morgan fingerprint density at radius 3 is 2.62 bits per heavy atom. The number of aliphatic hydroxyl groups is 1. The SMILES string of the molecule is Cn1cc(-c2cc3c(N4CC(C)(C(=O)C[C@@H](CCO)c5ccc(Cl)cc5)C4)ncnn3c2)cn1. The zero-order chi connectivity index (χ0) is 23.9. The number of aliphatic hydroxyl groups excluding tert-OH is 1. The molecule has 1 aliphatic heterocycles. The monoisotopic (exact) mass is 478 g/mol. The third-order valence-electron chi connectivity index (χ3n) is 6.73. The summed E-state index contributed by atoms with van der Waals surface area (Å²) in [6, 6.07) is 9.60. The highest BCUT2D eigenvalue weighted by Crippen LogP contribution is 2.39. The van der Waals surface area contributed by atoms with Gasteiger partial charge in [0.05, 0.1) is 11.6 Å². The Morgan fingerprint density at radius 2 is 1.94 bits per heavy atom. The zero-order valence-electron chi connectivity index (χ0n) is 19.2. The number of aromatic nitrogens is 5. The van der Waals surface area contributed by atoms with Gasteiger partial charge in [0.1, 0.15) is 17.6 Å². The van der Waals surface area contributed by atoms with E-state index in [1.54, 1.807) is 11.0 Å². The summed E-state index contributed by atoms with van der Waals surface area (Å²) in [5.41, 5.74) is 3.50. The lowest BCUT2D eigenvalue weighted by molar-refractivity contribution is -0.129. The van der Waals surface area contributed by atoms with Crippen molar-refractivity contribution in [2.24, 2.45) is 12.5 Å². The molecular formula is C25H27ClN6O2. The molecule has 1 fully saturated rings. The highest BCUT2D eigenvalue weighted by molar-refractivity contribution is 6.30. The van der Waals surface area contributed by atoms with E-state index in [2.05, 4.69) is 26.1 Å².